The van der Waals surface area contributed by atoms with Gasteiger partial charge in [0.25, 0.3) is 0 Å². The summed E-state index contributed by atoms with van der Waals surface area (Å²) in [4.78, 5) is 14.4. The van der Waals surface area contributed by atoms with Gasteiger partial charge >= 0.3 is 0 Å². The van der Waals surface area contributed by atoms with Crippen LogP contribution in [0, 0.1) is 21.1 Å². The molecule has 3 aromatic carbocycles. The molecule has 0 aliphatic rings. The molecule has 268 valence electrons. The minimum absolute atomic E-state index is 0. The summed E-state index contributed by atoms with van der Waals surface area (Å²) in [5.41, 5.74) is 7.21. The molecular weight excluding hydrogens is 690 g/mol. The molecule has 0 bridgehead atoms. The number of benzene rings is 3. The number of fused-ring (bicyclic) bond motifs is 2. The number of hydrogen-bond acceptors (Lipinski definition) is 6. The van der Waals surface area contributed by atoms with Gasteiger partial charge in [-0.15, -0.1) is 0 Å². The number of nitrogens with zero attached hydrogens (tertiary/aromatic N) is 3. The number of rotatable bonds is 5. The smallest absolute Gasteiger partial charge is 0.169 e. The average molecular weight is 726 g/mol. The van der Waals surface area contributed by atoms with E-state index in [-0.39, 0.29) is 5.48 Å². The fourth-order valence-electron chi connectivity index (χ4n) is 4.68. The minimum Gasteiger partial charge on any atom is -0.744 e. The van der Waals surface area contributed by atoms with Crippen molar-refractivity contribution in [3.63, 3.8) is 0 Å². The normalized spacial score (nSPS) is 10.8. The van der Waals surface area contributed by atoms with Crippen LogP contribution in [0.3, 0.4) is 0 Å². The molecular formula is C38H36FN5O7S. The molecule has 0 unspecified atom stereocenters. The molecule has 4 aromatic heterocycles. The Labute approximate surface area is 299 Å². The van der Waals surface area contributed by atoms with Crippen molar-refractivity contribution in [2.24, 2.45) is 14.1 Å². The first-order valence-corrected chi connectivity index (χ1v) is 16.7. The van der Waals surface area contributed by atoms with E-state index in [9.17, 15) is 17.4 Å². The lowest BCUT2D eigenvalue weighted by Crippen LogP contribution is -2.25. The quantitative estimate of drug-likeness (QED) is 0.0946. The molecule has 0 amide bonds. The third-order valence-corrected chi connectivity index (χ3v) is 8.11. The van der Waals surface area contributed by atoms with Gasteiger partial charge < -0.3 is 35.3 Å². The first-order chi connectivity index (χ1) is 24.4. The van der Waals surface area contributed by atoms with E-state index in [1.54, 1.807) is 0 Å². The maximum absolute atomic E-state index is 12.2. The summed E-state index contributed by atoms with van der Waals surface area (Å²) in [6, 6.07) is 28.8. The van der Waals surface area contributed by atoms with Crippen molar-refractivity contribution >= 4 is 56.2 Å². The van der Waals surface area contributed by atoms with E-state index in [4.69, 9.17) is 15.3 Å². The lowest BCUT2D eigenvalue weighted by Gasteiger charge is -2.04. The molecule has 0 aliphatic carbocycles. The van der Waals surface area contributed by atoms with E-state index in [0.29, 0.717) is 0 Å². The van der Waals surface area contributed by atoms with Crippen LogP contribution in [0.25, 0.3) is 46.1 Å². The number of pyridine rings is 2. The number of aryl methyl sites for hydroxylation is 2. The van der Waals surface area contributed by atoms with Gasteiger partial charge in [0.15, 0.2) is 24.8 Å². The Hall–Kier alpha value is -6.48. The number of aromatic amines is 2. The second kappa shape index (κ2) is 19.1. The zero-order valence-electron chi connectivity index (χ0n) is 28.1. The van der Waals surface area contributed by atoms with Crippen LogP contribution in [0.4, 0.5) is 4.39 Å². The number of hydrogen-bond donors (Lipinski definition) is 2. The Bertz CT molecular complexity index is 2230. The topological polar surface area (TPSA) is 194 Å². The van der Waals surface area contributed by atoms with Crippen molar-refractivity contribution in [3.8, 4) is 0 Å². The monoisotopic (exact) mass is 725 g/mol. The molecule has 0 saturated carbocycles. The van der Waals surface area contributed by atoms with Gasteiger partial charge in [-0.3, -0.25) is 0 Å². The van der Waals surface area contributed by atoms with Gasteiger partial charge in [-0.25, -0.2) is 21.9 Å². The van der Waals surface area contributed by atoms with Crippen LogP contribution in [0.1, 0.15) is 22.3 Å². The third kappa shape index (κ3) is 12.4. The van der Waals surface area contributed by atoms with Gasteiger partial charge in [-0.2, -0.15) is 0 Å². The lowest BCUT2D eigenvalue weighted by atomic mass is 10.1. The van der Waals surface area contributed by atoms with Crippen molar-refractivity contribution in [1.82, 2.24) is 9.97 Å². The second-order valence-electron chi connectivity index (χ2n) is 11.0. The number of aromatic nitrogens is 4. The third-order valence-electron chi connectivity index (χ3n) is 7.26. The van der Waals surface area contributed by atoms with Gasteiger partial charge in [0.05, 0.1) is 9.98 Å². The van der Waals surface area contributed by atoms with Crippen molar-refractivity contribution in [3.05, 3.63) is 178 Å². The Morgan fingerprint density at radius 3 is 1.37 bits per heavy atom. The van der Waals surface area contributed by atoms with Crippen LogP contribution >= 0.6 is 0 Å². The summed E-state index contributed by atoms with van der Waals surface area (Å²) in [5.74, 6) is -0.572. The summed E-state index contributed by atoms with van der Waals surface area (Å²) in [6.07, 6.45) is 20.9. The lowest BCUT2D eigenvalue weighted by molar-refractivity contribution is -0.671. The largest absolute Gasteiger partial charge is 0.744 e. The Kier molecular flexibility index (Phi) is 14.6. The van der Waals surface area contributed by atoms with Crippen LogP contribution in [-0.4, -0.2) is 33.5 Å². The number of nitrogens with one attached hydrogen (secondary N) is 2. The van der Waals surface area contributed by atoms with Crippen LogP contribution in [0.15, 0.2) is 139 Å². The molecule has 4 N–H and O–H groups in total. The predicted octanol–water partition coefficient (Wildman–Crippen LogP) is 5.99. The molecule has 0 fully saturated rings. The van der Waals surface area contributed by atoms with Crippen LogP contribution in [-0.2, 0) is 24.2 Å². The highest BCUT2D eigenvalue weighted by atomic mass is 32.2. The Morgan fingerprint density at radius 1 is 0.635 bits per heavy atom. The molecule has 12 nitrogen and oxygen atoms in total. The van der Waals surface area contributed by atoms with Crippen molar-refractivity contribution in [1.29, 1.82) is 0 Å². The zero-order chi connectivity index (χ0) is 36.8. The van der Waals surface area contributed by atoms with Gasteiger partial charge in [0, 0.05) is 58.5 Å². The Balaban J connectivity index is 0.000000203. The molecule has 14 heteroatoms. The summed E-state index contributed by atoms with van der Waals surface area (Å²) in [5, 5.41) is 17.3. The van der Waals surface area contributed by atoms with Crippen LogP contribution in [0.5, 0.6) is 0 Å². The molecule has 4 heterocycles. The number of halogens is 1. The van der Waals surface area contributed by atoms with Gasteiger partial charge in [-0.05, 0) is 58.7 Å². The number of H-pyrrole nitrogens is 2. The molecule has 7 rings (SSSR count). The molecule has 52 heavy (non-hydrogen) atoms. The van der Waals surface area contributed by atoms with Crippen molar-refractivity contribution in [2.45, 2.75) is 4.90 Å². The fraction of sp³-hybridized carbons (Fsp3) is 0.0526. The highest BCUT2D eigenvalue weighted by molar-refractivity contribution is 7.85. The van der Waals surface area contributed by atoms with Crippen molar-refractivity contribution < 1.29 is 37.1 Å². The highest BCUT2D eigenvalue weighted by Crippen LogP contribution is 2.21. The summed E-state index contributed by atoms with van der Waals surface area (Å²) < 4.78 is 47.0. The standard InChI is InChI=1S/2C16H14N2.C6H5FO3S.NO3.H2O/c2*1-18-10-8-13(9-11-18)6-7-14-12-17-16-5-3-2-4-15(14)16;7-5-1-3-6(4-2-5)11(8,9)10;2-1(3)4;/h2*2-12H,1H3;1-4H,(H,8,9,10);;1H2/q;;;-1;/p+1. The van der Waals surface area contributed by atoms with Crippen molar-refractivity contribution in [2.75, 3.05) is 0 Å². The first kappa shape index (κ1) is 40.0. The molecule has 0 spiro atoms. The summed E-state index contributed by atoms with van der Waals surface area (Å²) in [6.45, 7) is 0. The summed E-state index contributed by atoms with van der Waals surface area (Å²) >= 11 is 0. The van der Waals surface area contributed by atoms with E-state index in [1.807, 2.05) is 47.8 Å². The van der Waals surface area contributed by atoms with Crippen LogP contribution < -0.4 is 9.13 Å². The highest BCUT2D eigenvalue weighted by Gasteiger charge is 2.01. The van der Waals surface area contributed by atoms with Crippen LogP contribution in [0.2, 0.25) is 0 Å². The van der Waals surface area contributed by atoms with Gasteiger partial charge in [-0.1, -0.05) is 60.7 Å². The average Bonchev–Trinajstić information content (AvgIpc) is 3.72. The maximum Gasteiger partial charge on any atom is 0.169 e. The van der Waals surface area contributed by atoms with E-state index >= 15 is 0 Å². The van der Waals surface area contributed by atoms with E-state index < -0.39 is 25.9 Å². The Morgan fingerprint density at radius 2 is 1.00 bits per heavy atom. The SMILES string of the molecule is C[n+]1ccc(/C=C/c2c[nH]c3ccccc23)cc1.C[n+]1ccc(/C=C/c2c[nH]c3ccccc23)cc1.O.O=S(=O)([O-])c1ccc(F)cc1.O=[N+]([O-])[O-]. The van der Waals surface area contributed by atoms with Gasteiger partial charge in [0.1, 0.15) is 30.0 Å². The molecule has 0 aliphatic heterocycles. The number of para-hydroxylation sites is 2. The predicted molar refractivity (Wildman–Crippen MR) is 198 cm³/mol. The molecule has 0 saturated heterocycles. The van der Waals surface area contributed by atoms with E-state index in [1.165, 1.54) is 44.1 Å². The molecule has 7 aromatic rings. The second-order valence-corrected chi connectivity index (χ2v) is 12.4. The van der Waals surface area contributed by atoms with E-state index in [0.717, 1.165) is 24.3 Å². The summed E-state index contributed by atoms with van der Waals surface area (Å²) in [7, 11) is -0.394. The molecule has 0 atom stereocenters. The van der Waals surface area contributed by atoms with E-state index in [2.05, 4.69) is 120 Å². The zero-order valence-corrected chi connectivity index (χ0v) is 28.9. The molecule has 0 radical (unpaired) electrons. The fourth-order valence-corrected chi connectivity index (χ4v) is 5.15. The minimum atomic E-state index is -4.44. The van der Waals surface area contributed by atoms with Gasteiger partial charge in [0.2, 0.25) is 0 Å². The maximum atomic E-state index is 12.2. The first-order valence-electron chi connectivity index (χ1n) is 15.3.